The Hall–Kier alpha value is -2.95. The molecule has 0 unspecified atom stereocenters. The number of aliphatic carboxylic acids is 1. The van der Waals surface area contributed by atoms with Crippen LogP contribution in [0.5, 0.6) is 0 Å². The number of carboxylic acid groups (broad SMARTS) is 1. The summed E-state index contributed by atoms with van der Waals surface area (Å²) in [7, 11) is -4.38. The van der Waals surface area contributed by atoms with Gasteiger partial charge in [-0.2, -0.15) is 23.5 Å². The van der Waals surface area contributed by atoms with Gasteiger partial charge in [-0.1, -0.05) is 51.9 Å². The van der Waals surface area contributed by atoms with Crippen molar-refractivity contribution in [3.05, 3.63) is 42.2 Å². The van der Waals surface area contributed by atoms with Crippen molar-refractivity contribution in [3.63, 3.8) is 0 Å². The summed E-state index contributed by atoms with van der Waals surface area (Å²) in [6.45, 7) is 3.06. The molecular weight excluding hydrogens is 571 g/mol. The molecule has 2 aliphatic rings. The van der Waals surface area contributed by atoms with Crippen molar-refractivity contribution in [3.8, 4) is 11.8 Å². The average Bonchev–Trinajstić information content (AvgIpc) is 3.32. The molecule has 1 saturated carbocycles. The molecule has 9 nitrogen and oxygen atoms in total. The van der Waals surface area contributed by atoms with E-state index in [1.165, 1.54) is 80.6 Å². The Morgan fingerprint density at radius 1 is 1.19 bits per heavy atom. The van der Waals surface area contributed by atoms with Crippen LogP contribution in [0.15, 0.2) is 41.6 Å². The second kappa shape index (κ2) is 15.0. The zero-order chi connectivity index (χ0) is 30.8. The van der Waals surface area contributed by atoms with E-state index < -0.39 is 43.7 Å². The van der Waals surface area contributed by atoms with Crippen molar-refractivity contribution in [2.45, 2.75) is 105 Å². The molecule has 42 heavy (non-hydrogen) atoms. The molecule has 2 heterocycles. The maximum Gasteiger partial charge on any atom is 0.417 e. The standard InChI is InChI=1S/C15H14F3N3O4S.C14H26N2/c16-15(17,18)11-6-9(21-5-1-4-20-21)2-3-13(11)26(24,25)10-7-12(14(22)23)19-8-10;1-2-3-4-5-6-7-8-9-12-16-14(13-15)10-11-14/h1-6,10,12,19H,7-8H2,(H,22,23);16H,2-12H2,1H3/t10-,12+;/m1./s1. The number of carbonyl (C=O) groups is 1. The van der Waals surface area contributed by atoms with Crippen LogP contribution in [0, 0.1) is 11.3 Å². The summed E-state index contributed by atoms with van der Waals surface area (Å²) in [5.74, 6) is -1.24. The Morgan fingerprint density at radius 3 is 2.38 bits per heavy atom. The van der Waals surface area contributed by atoms with Crippen LogP contribution in [-0.2, 0) is 20.8 Å². The zero-order valence-corrected chi connectivity index (χ0v) is 24.7. The van der Waals surface area contributed by atoms with Crippen LogP contribution >= 0.6 is 0 Å². The molecule has 232 valence electrons. The normalized spacial score (nSPS) is 19.5. The quantitative estimate of drug-likeness (QED) is 0.246. The van der Waals surface area contributed by atoms with E-state index in [0.717, 1.165) is 31.5 Å². The third-order valence-electron chi connectivity index (χ3n) is 7.63. The summed E-state index contributed by atoms with van der Waals surface area (Å²) in [6, 6.07) is 5.62. The summed E-state index contributed by atoms with van der Waals surface area (Å²) in [5, 5.41) is 26.3. The molecule has 3 N–H and O–H groups in total. The molecule has 0 amide bonds. The summed E-state index contributed by atoms with van der Waals surface area (Å²) in [5.41, 5.74) is -1.35. The van der Waals surface area contributed by atoms with Gasteiger partial charge in [-0.15, -0.1) is 0 Å². The third-order valence-corrected chi connectivity index (χ3v) is 9.84. The van der Waals surface area contributed by atoms with Gasteiger partial charge < -0.3 is 10.4 Å². The minimum atomic E-state index is -4.90. The summed E-state index contributed by atoms with van der Waals surface area (Å²) >= 11 is 0. The second-order valence-corrected chi connectivity index (χ2v) is 13.1. The Bertz CT molecular complexity index is 1310. The van der Waals surface area contributed by atoms with Crippen molar-refractivity contribution in [2.75, 3.05) is 13.1 Å². The molecule has 2 fully saturated rings. The predicted molar refractivity (Wildman–Crippen MR) is 152 cm³/mol. The molecule has 0 spiro atoms. The second-order valence-electron chi connectivity index (χ2n) is 10.9. The van der Waals surface area contributed by atoms with Crippen LogP contribution in [0.25, 0.3) is 5.69 Å². The van der Waals surface area contributed by atoms with Gasteiger partial charge in [-0.3, -0.25) is 10.1 Å². The number of alkyl halides is 3. The number of carboxylic acids is 1. The Balaban J connectivity index is 0.000000260. The molecule has 1 saturated heterocycles. The van der Waals surface area contributed by atoms with Gasteiger partial charge >= 0.3 is 12.1 Å². The van der Waals surface area contributed by atoms with Crippen LogP contribution in [0.4, 0.5) is 13.2 Å². The number of rotatable bonds is 14. The lowest BCUT2D eigenvalue weighted by atomic mass is 10.1. The molecule has 2 aromatic rings. The van der Waals surface area contributed by atoms with E-state index in [0.29, 0.717) is 0 Å². The van der Waals surface area contributed by atoms with Crippen LogP contribution in [0.3, 0.4) is 0 Å². The molecule has 2 atom stereocenters. The molecule has 1 aromatic carbocycles. The number of sulfone groups is 1. The van der Waals surface area contributed by atoms with Gasteiger partial charge in [0.15, 0.2) is 9.84 Å². The highest BCUT2D eigenvalue weighted by Gasteiger charge is 2.44. The molecular formula is C29H40F3N5O4S. The Morgan fingerprint density at radius 2 is 1.86 bits per heavy atom. The third kappa shape index (κ3) is 9.28. The van der Waals surface area contributed by atoms with Crippen molar-refractivity contribution in [1.82, 2.24) is 20.4 Å². The van der Waals surface area contributed by atoms with Crippen LogP contribution in [0.1, 0.15) is 83.1 Å². The number of hydrogen-bond acceptors (Lipinski definition) is 7. The maximum absolute atomic E-state index is 13.5. The Labute approximate surface area is 245 Å². The fourth-order valence-corrected chi connectivity index (χ4v) is 6.76. The highest BCUT2D eigenvalue weighted by molar-refractivity contribution is 7.92. The van der Waals surface area contributed by atoms with Crippen molar-refractivity contribution >= 4 is 15.8 Å². The van der Waals surface area contributed by atoms with Gasteiger partial charge in [0.1, 0.15) is 11.6 Å². The molecule has 1 aromatic heterocycles. The topological polar surface area (TPSA) is 137 Å². The largest absolute Gasteiger partial charge is 0.480 e. The van der Waals surface area contributed by atoms with Gasteiger partial charge in [0.2, 0.25) is 0 Å². The minimum absolute atomic E-state index is 0.0641. The summed E-state index contributed by atoms with van der Waals surface area (Å²) in [4.78, 5) is 10.1. The fraction of sp³-hybridized carbons (Fsp3) is 0.621. The number of aromatic nitrogens is 2. The number of benzene rings is 1. The molecule has 0 bridgehead atoms. The molecule has 4 rings (SSSR count). The number of halogens is 3. The fourth-order valence-electron chi connectivity index (χ4n) is 4.90. The maximum atomic E-state index is 13.5. The Kier molecular flexibility index (Phi) is 12.0. The lowest BCUT2D eigenvalue weighted by Crippen LogP contribution is -2.30. The number of unbranched alkanes of at least 4 members (excludes halogenated alkanes) is 7. The summed E-state index contributed by atoms with van der Waals surface area (Å²) in [6.07, 6.45) is 10.6. The van der Waals surface area contributed by atoms with E-state index in [9.17, 15) is 26.4 Å². The summed E-state index contributed by atoms with van der Waals surface area (Å²) < 4.78 is 67.1. The van der Waals surface area contributed by atoms with Gasteiger partial charge in [-0.25, -0.2) is 13.1 Å². The smallest absolute Gasteiger partial charge is 0.417 e. The van der Waals surface area contributed by atoms with E-state index in [4.69, 9.17) is 10.4 Å². The van der Waals surface area contributed by atoms with Gasteiger partial charge in [0, 0.05) is 18.9 Å². The first-order valence-electron chi connectivity index (χ1n) is 14.5. The molecule has 13 heteroatoms. The zero-order valence-electron chi connectivity index (χ0n) is 23.9. The number of nitrogens with zero attached hydrogens (tertiary/aromatic N) is 3. The van der Waals surface area contributed by atoms with Gasteiger partial charge in [0.25, 0.3) is 0 Å². The highest BCUT2D eigenvalue weighted by Crippen LogP contribution is 2.38. The van der Waals surface area contributed by atoms with Gasteiger partial charge in [0.05, 0.1) is 27.5 Å². The van der Waals surface area contributed by atoms with Crippen molar-refractivity contribution in [2.24, 2.45) is 0 Å². The molecule has 1 aliphatic carbocycles. The van der Waals surface area contributed by atoms with Crippen LogP contribution in [0.2, 0.25) is 0 Å². The van der Waals surface area contributed by atoms with Crippen molar-refractivity contribution < 1.29 is 31.5 Å². The van der Waals surface area contributed by atoms with Crippen molar-refractivity contribution in [1.29, 1.82) is 5.26 Å². The first-order valence-corrected chi connectivity index (χ1v) is 16.1. The monoisotopic (exact) mass is 611 g/mol. The predicted octanol–water partition coefficient (Wildman–Crippen LogP) is 5.25. The SMILES string of the molecule is CCCCCCCCCCNC1(C#N)CC1.O=C(O)[C@@H]1C[C@@H](S(=O)(=O)c2ccc(-n3cccn3)cc2C(F)(F)F)CN1. The number of nitriles is 1. The first-order chi connectivity index (χ1) is 19.9. The van der Waals surface area contributed by atoms with E-state index in [1.807, 2.05) is 0 Å². The van der Waals surface area contributed by atoms with Gasteiger partial charge in [-0.05, 0) is 56.5 Å². The van der Waals surface area contributed by atoms with E-state index in [1.54, 1.807) is 0 Å². The number of hydrogen-bond donors (Lipinski definition) is 3. The van der Waals surface area contributed by atoms with Crippen LogP contribution < -0.4 is 10.6 Å². The average molecular weight is 612 g/mol. The van der Waals surface area contributed by atoms with Crippen LogP contribution in [-0.4, -0.2) is 59.2 Å². The lowest BCUT2D eigenvalue weighted by molar-refractivity contribution is -0.140. The minimum Gasteiger partial charge on any atom is -0.480 e. The lowest BCUT2D eigenvalue weighted by Gasteiger charge is -2.17. The van der Waals surface area contributed by atoms with E-state index >= 15 is 0 Å². The van der Waals surface area contributed by atoms with E-state index in [-0.39, 0.29) is 24.2 Å². The first kappa shape index (κ1) is 33.6. The highest BCUT2D eigenvalue weighted by atomic mass is 32.2. The molecule has 0 radical (unpaired) electrons. The number of nitrogens with one attached hydrogen (secondary N) is 2. The van der Waals surface area contributed by atoms with E-state index in [2.05, 4.69) is 28.7 Å². The molecule has 1 aliphatic heterocycles.